The Bertz CT molecular complexity index is 240. The molecule has 0 aromatic heterocycles. The van der Waals surface area contributed by atoms with E-state index in [9.17, 15) is 18.3 Å². The Balaban J connectivity index is 2.55. The molecule has 2 N–H and O–H groups in total. The Hall–Kier alpha value is -0.290. The van der Waals surface area contributed by atoms with Crippen molar-refractivity contribution in [2.75, 3.05) is 6.54 Å². The van der Waals surface area contributed by atoms with Crippen molar-refractivity contribution in [1.82, 2.24) is 5.32 Å². The van der Waals surface area contributed by atoms with Crippen molar-refractivity contribution in [3.63, 3.8) is 0 Å². The minimum Gasteiger partial charge on any atom is -0.389 e. The number of alkyl halides is 3. The SMILES string of the molecule is CCC(C)(O)CNC1CCCCC1C(F)(F)F. The first kappa shape index (κ1) is 14.8. The van der Waals surface area contributed by atoms with Gasteiger partial charge in [0.05, 0.1) is 11.5 Å². The Morgan fingerprint density at radius 1 is 1.24 bits per heavy atom. The van der Waals surface area contributed by atoms with E-state index in [4.69, 9.17) is 0 Å². The Labute approximate surface area is 101 Å². The average molecular weight is 253 g/mol. The monoisotopic (exact) mass is 253 g/mol. The summed E-state index contributed by atoms with van der Waals surface area (Å²) in [5, 5.41) is 12.7. The molecule has 0 heterocycles. The first-order chi connectivity index (χ1) is 7.76. The van der Waals surface area contributed by atoms with Gasteiger partial charge in [-0.05, 0) is 26.2 Å². The van der Waals surface area contributed by atoms with Crippen molar-refractivity contribution < 1.29 is 18.3 Å². The predicted octanol–water partition coefficient (Wildman–Crippen LogP) is 2.86. The van der Waals surface area contributed by atoms with Crippen LogP contribution in [0.1, 0.15) is 46.0 Å². The third kappa shape index (κ3) is 4.47. The van der Waals surface area contributed by atoms with Crippen LogP contribution in [-0.4, -0.2) is 29.5 Å². The molecule has 0 saturated heterocycles. The highest BCUT2D eigenvalue weighted by Crippen LogP contribution is 2.37. The quantitative estimate of drug-likeness (QED) is 0.807. The molecule has 1 rings (SSSR count). The summed E-state index contributed by atoms with van der Waals surface area (Å²) in [6.07, 6.45) is -1.37. The lowest BCUT2D eigenvalue weighted by atomic mass is 9.83. The summed E-state index contributed by atoms with van der Waals surface area (Å²) >= 11 is 0. The van der Waals surface area contributed by atoms with E-state index in [1.165, 1.54) is 0 Å². The number of hydrogen-bond donors (Lipinski definition) is 2. The van der Waals surface area contributed by atoms with Crippen molar-refractivity contribution >= 4 is 0 Å². The summed E-state index contributed by atoms with van der Waals surface area (Å²) in [5.74, 6) is -1.26. The van der Waals surface area contributed by atoms with Crippen LogP contribution in [0.5, 0.6) is 0 Å². The van der Waals surface area contributed by atoms with Gasteiger partial charge in [0.2, 0.25) is 0 Å². The Kier molecular flexibility index (Phi) is 4.84. The lowest BCUT2D eigenvalue weighted by Gasteiger charge is -2.35. The molecule has 17 heavy (non-hydrogen) atoms. The second-order valence-corrected chi connectivity index (χ2v) is 5.27. The summed E-state index contributed by atoms with van der Waals surface area (Å²) in [6, 6.07) is -0.540. The average Bonchev–Trinajstić information content (AvgIpc) is 2.26. The summed E-state index contributed by atoms with van der Waals surface area (Å²) < 4.78 is 38.4. The molecule has 0 aromatic rings. The molecule has 0 spiro atoms. The maximum absolute atomic E-state index is 12.8. The highest BCUT2D eigenvalue weighted by atomic mass is 19.4. The third-order valence-corrected chi connectivity index (χ3v) is 3.69. The van der Waals surface area contributed by atoms with Crippen molar-refractivity contribution in [3.8, 4) is 0 Å². The molecular weight excluding hydrogens is 231 g/mol. The number of hydrogen-bond acceptors (Lipinski definition) is 2. The molecular formula is C12H22F3NO. The van der Waals surface area contributed by atoms with E-state index in [-0.39, 0.29) is 13.0 Å². The van der Waals surface area contributed by atoms with Crippen molar-refractivity contribution in [1.29, 1.82) is 0 Å². The van der Waals surface area contributed by atoms with Gasteiger partial charge in [0.15, 0.2) is 0 Å². The van der Waals surface area contributed by atoms with E-state index < -0.39 is 23.7 Å². The van der Waals surface area contributed by atoms with Crippen LogP contribution in [0.3, 0.4) is 0 Å². The molecule has 3 atom stereocenters. The Morgan fingerprint density at radius 2 is 1.82 bits per heavy atom. The summed E-state index contributed by atoms with van der Waals surface area (Å²) in [6.45, 7) is 3.69. The lowest BCUT2D eigenvalue weighted by Crippen LogP contribution is -2.50. The molecule has 2 nitrogen and oxygen atoms in total. The van der Waals surface area contributed by atoms with Gasteiger partial charge < -0.3 is 10.4 Å². The highest BCUT2D eigenvalue weighted by molar-refractivity contribution is 4.87. The first-order valence-corrected chi connectivity index (χ1v) is 6.29. The van der Waals surface area contributed by atoms with E-state index in [2.05, 4.69) is 5.32 Å². The topological polar surface area (TPSA) is 32.3 Å². The number of rotatable bonds is 4. The molecule has 102 valence electrons. The lowest BCUT2D eigenvalue weighted by molar-refractivity contribution is -0.189. The van der Waals surface area contributed by atoms with Gasteiger partial charge >= 0.3 is 6.18 Å². The van der Waals surface area contributed by atoms with Crippen LogP contribution in [0, 0.1) is 5.92 Å². The van der Waals surface area contributed by atoms with Crippen LogP contribution in [0.2, 0.25) is 0 Å². The van der Waals surface area contributed by atoms with Crippen molar-refractivity contribution in [3.05, 3.63) is 0 Å². The fourth-order valence-corrected chi connectivity index (χ4v) is 2.24. The number of halogens is 3. The summed E-state index contributed by atoms with van der Waals surface area (Å²) in [4.78, 5) is 0. The van der Waals surface area contributed by atoms with Gasteiger partial charge in [0.1, 0.15) is 0 Å². The molecule has 1 fully saturated rings. The fourth-order valence-electron chi connectivity index (χ4n) is 2.24. The molecule has 3 unspecified atom stereocenters. The van der Waals surface area contributed by atoms with Crippen LogP contribution in [0.4, 0.5) is 13.2 Å². The molecule has 1 aliphatic carbocycles. The largest absolute Gasteiger partial charge is 0.393 e. The van der Waals surface area contributed by atoms with E-state index in [1.54, 1.807) is 6.92 Å². The molecule has 0 amide bonds. The molecule has 5 heteroatoms. The van der Waals surface area contributed by atoms with Gasteiger partial charge in [-0.3, -0.25) is 0 Å². The zero-order valence-electron chi connectivity index (χ0n) is 10.5. The summed E-state index contributed by atoms with van der Waals surface area (Å²) in [5.41, 5.74) is -0.923. The molecule has 0 aromatic carbocycles. The van der Waals surface area contributed by atoms with Gasteiger partial charge in [-0.25, -0.2) is 0 Å². The van der Waals surface area contributed by atoms with E-state index >= 15 is 0 Å². The van der Waals surface area contributed by atoms with Crippen molar-refractivity contribution in [2.24, 2.45) is 5.92 Å². The van der Waals surface area contributed by atoms with Crippen LogP contribution in [-0.2, 0) is 0 Å². The van der Waals surface area contributed by atoms with Crippen LogP contribution in [0.15, 0.2) is 0 Å². The minimum atomic E-state index is -4.13. The molecule has 1 saturated carbocycles. The minimum absolute atomic E-state index is 0.204. The van der Waals surface area contributed by atoms with Gasteiger partial charge in [-0.15, -0.1) is 0 Å². The maximum Gasteiger partial charge on any atom is 0.393 e. The van der Waals surface area contributed by atoms with Crippen LogP contribution >= 0.6 is 0 Å². The standard InChI is InChI=1S/C12H22F3NO/c1-3-11(2,17)8-16-10-7-5-4-6-9(10)12(13,14)15/h9-10,16-17H,3-8H2,1-2H3. The fraction of sp³-hybridized carbons (Fsp3) is 1.00. The normalized spacial score (nSPS) is 30.0. The van der Waals surface area contributed by atoms with Crippen molar-refractivity contribution in [2.45, 2.75) is 63.8 Å². The second kappa shape index (κ2) is 5.57. The van der Waals surface area contributed by atoms with Gasteiger partial charge in [0, 0.05) is 12.6 Å². The van der Waals surface area contributed by atoms with E-state index in [1.807, 2.05) is 6.92 Å². The number of nitrogens with one attached hydrogen (secondary N) is 1. The second-order valence-electron chi connectivity index (χ2n) is 5.27. The van der Waals surface area contributed by atoms with E-state index in [0.717, 1.165) is 6.42 Å². The zero-order valence-corrected chi connectivity index (χ0v) is 10.5. The van der Waals surface area contributed by atoms with Gasteiger partial charge in [-0.2, -0.15) is 13.2 Å². The maximum atomic E-state index is 12.8. The molecule has 0 bridgehead atoms. The third-order valence-electron chi connectivity index (χ3n) is 3.69. The van der Waals surface area contributed by atoms with Crippen LogP contribution < -0.4 is 5.32 Å². The highest BCUT2D eigenvalue weighted by Gasteiger charge is 2.45. The van der Waals surface area contributed by atoms with Gasteiger partial charge in [-0.1, -0.05) is 19.8 Å². The first-order valence-electron chi connectivity index (χ1n) is 6.29. The molecule has 0 radical (unpaired) electrons. The molecule has 1 aliphatic rings. The zero-order chi connectivity index (χ0) is 13.1. The van der Waals surface area contributed by atoms with Crippen LogP contribution in [0.25, 0.3) is 0 Å². The van der Waals surface area contributed by atoms with E-state index in [0.29, 0.717) is 19.3 Å². The number of aliphatic hydroxyl groups is 1. The summed E-state index contributed by atoms with van der Waals surface area (Å²) in [7, 11) is 0. The predicted molar refractivity (Wildman–Crippen MR) is 60.7 cm³/mol. The molecule has 0 aliphatic heterocycles. The van der Waals surface area contributed by atoms with Gasteiger partial charge in [0.25, 0.3) is 0 Å². The Morgan fingerprint density at radius 3 is 2.35 bits per heavy atom. The smallest absolute Gasteiger partial charge is 0.389 e.